The molecule has 0 aliphatic rings. The van der Waals surface area contributed by atoms with Crippen molar-refractivity contribution in [3.8, 4) is 11.5 Å². The fourth-order valence-electron chi connectivity index (χ4n) is 1.93. The molecule has 0 fully saturated rings. The Morgan fingerprint density at radius 2 is 2.11 bits per heavy atom. The number of benzene rings is 1. The van der Waals surface area contributed by atoms with Crippen LogP contribution < -0.4 is 5.73 Å². The first-order valence-electron chi connectivity index (χ1n) is 5.72. The zero-order valence-corrected chi connectivity index (χ0v) is 9.87. The number of fused-ring (bicyclic) bond motifs is 1. The lowest BCUT2D eigenvalue weighted by atomic mass is 10.2. The van der Waals surface area contributed by atoms with Crippen LogP contribution in [0, 0.1) is 5.82 Å². The Balaban J connectivity index is 2.07. The van der Waals surface area contributed by atoms with Gasteiger partial charge in [-0.05, 0) is 31.2 Å². The van der Waals surface area contributed by atoms with Gasteiger partial charge in [0.1, 0.15) is 5.82 Å². The van der Waals surface area contributed by atoms with Crippen LogP contribution in [-0.4, -0.2) is 15.0 Å². The van der Waals surface area contributed by atoms with Crippen LogP contribution in [0.1, 0.15) is 18.7 Å². The molecule has 1 aromatic carbocycles. The lowest BCUT2D eigenvalue weighted by Crippen LogP contribution is -2.04. The average molecular weight is 244 g/mol. The van der Waals surface area contributed by atoms with Crippen LogP contribution in [0.15, 0.2) is 30.5 Å². The van der Waals surface area contributed by atoms with E-state index in [0.29, 0.717) is 5.82 Å². The van der Waals surface area contributed by atoms with Crippen LogP contribution in [-0.2, 0) is 0 Å². The van der Waals surface area contributed by atoms with Crippen molar-refractivity contribution < 1.29 is 4.39 Å². The lowest BCUT2D eigenvalue weighted by Gasteiger charge is -1.98. The number of nitrogens with two attached hydrogens (primary N) is 1. The second-order valence-electron chi connectivity index (χ2n) is 4.39. The van der Waals surface area contributed by atoms with E-state index >= 15 is 0 Å². The molecule has 0 aliphatic carbocycles. The highest BCUT2D eigenvalue weighted by Gasteiger charge is 2.09. The summed E-state index contributed by atoms with van der Waals surface area (Å²) in [6, 6.07) is 6.48. The Labute approximate surface area is 103 Å². The molecule has 0 radical (unpaired) electrons. The van der Waals surface area contributed by atoms with Crippen molar-refractivity contribution in [2.24, 2.45) is 5.73 Å². The fraction of sp³-hybridized carbons (Fsp3) is 0.154. The molecule has 4 nitrogen and oxygen atoms in total. The van der Waals surface area contributed by atoms with Gasteiger partial charge in [-0.25, -0.2) is 9.37 Å². The summed E-state index contributed by atoms with van der Waals surface area (Å²) >= 11 is 0. The third-order valence-corrected chi connectivity index (χ3v) is 2.93. The van der Waals surface area contributed by atoms with Crippen LogP contribution in [0.5, 0.6) is 0 Å². The third-order valence-electron chi connectivity index (χ3n) is 2.93. The van der Waals surface area contributed by atoms with Crippen LogP contribution in [0.4, 0.5) is 4.39 Å². The van der Waals surface area contributed by atoms with Crippen LogP contribution in [0.3, 0.4) is 0 Å². The van der Waals surface area contributed by atoms with Gasteiger partial charge in [0.25, 0.3) is 0 Å². The van der Waals surface area contributed by atoms with E-state index in [1.165, 1.54) is 12.1 Å². The Morgan fingerprint density at radius 1 is 1.28 bits per heavy atom. The normalized spacial score (nSPS) is 13.1. The maximum atomic E-state index is 13.1. The zero-order valence-electron chi connectivity index (χ0n) is 9.87. The van der Waals surface area contributed by atoms with E-state index in [2.05, 4.69) is 15.0 Å². The van der Waals surface area contributed by atoms with E-state index in [0.717, 1.165) is 22.3 Å². The molecule has 0 saturated carbocycles. The molecule has 5 heteroatoms. The van der Waals surface area contributed by atoms with Gasteiger partial charge in [-0.2, -0.15) is 0 Å². The van der Waals surface area contributed by atoms with Gasteiger partial charge in [0.2, 0.25) is 0 Å². The number of hydrogen-bond acceptors (Lipinski definition) is 2. The van der Waals surface area contributed by atoms with E-state index in [1.807, 2.05) is 13.0 Å². The van der Waals surface area contributed by atoms with Crippen LogP contribution >= 0.6 is 0 Å². The minimum absolute atomic E-state index is 0.0897. The Hall–Kier alpha value is -2.14. The van der Waals surface area contributed by atoms with Gasteiger partial charge >= 0.3 is 0 Å². The van der Waals surface area contributed by atoms with Crippen LogP contribution in [0.25, 0.3) is 22.4 Å². The van der Waals surface area contributed by atoms with Gasteiger partial charge in [-0.3, -0.25) is 0 Å². The first kappa shape index (κ1) is 11.0. The maximum absolute atomic E-state index is 13.1. The average Bonchev–Trinajstić information content (AvgIpc) is 2.93. The van der Waals surface area contributed by atoms with Gasteiger partial charge in [-0.15, -0.1) is 0 Å². The molecule has 0 spiro atoms. The first-order valence-corrected chi connectivity index (χ1v) is 5.72. The molecule has 1 atom stereocenters. The van der Waals surface area contributed by atoms with Crippen molar-refractivity contribution in [2.45, 2.75) is 13.0 Å². The molecule has 1 unspecified atom stereocenters. The summed E-state index contributed by atoms with van der Waals surface area (Å²) in [6.07, 6.45) is 1.71. The highest BCUT2D eigenvalue weighted by molar-refractivity contribution is 5.84. The topological polar surface area (TPSA) is 70.5 Å². The maximum Gasteiger partial charge on any atom is 0.154 e. The SMILES string of the molecule is CC(N)c1cnc(-c2cc3ccc(F)cc3[nH]2)[nH]1. The molecular formula is C13H13FN4. The monoisotopic (exact) mass is 244 g/mol. The summed E-state index contributed by atoms with van der Waals surface area (Å²) in [6.45, 7) is 1.89. The summed E-state index contributed by atoms with van der Waals surface area (Å²) in [5.74, 6) is 0.450. The van der Waals surface area contributed by atoms with E-state index in [4.69, 9.17) is 5.73 Å². The smallest absolute Gasteiger partial charge is 0.154 e. The number of halogens is 1. The molecule has 3 rings (SSSR count). The number of aromatic amines is 2. The van der Waals surface area contributed by atoms with Gasteiger partial charge in [0.05, 0.1) is 17.6 Å². The van der Waals surface area contributed by atoms with Crippen LogP contribution in [0.2, 0.25) is 0 Å². The second kappa shape index (κ2) is 3.96. The summed E-state index contributed by atoms with van der Waals surface area (Å²) in [5, 5.41) is 0.949. The van der Waals surface area contributed by atoms with Crippen molar-refractivity contribution in [1.82, 2.24) is 15.0 Å². The summed E-state index contributed by atoms with van der Waals surface area (Å²) < 4.78 is 13.1. The molecule has 0 amide bonds. The molecule has 92 valence electrons. The number of aromatic nitrogens is 3. The van der Waals surface area contributed by atoms with Gasteiger partial charge in [-0.1, -0.05) is 0 Å². The highest BCUT2D eigenvalue weighted by atomic mass is 19.1. The van der Waals surface area contributed by atoms with E-state index in [9.17, 15) is 4.39 Å². The molecule has 2 heterocycles. The van der Waals surface area contributed by atoms with Gasteiger partial charge in [0, 0.05) is 16.9 Å². The summed E-state index contributed by atoms with van der Waals surface area (Å²) in [5.41, 5.74) is 8.21. The molecule has 0 bridgehead atoms. The predicted octanol–water partition coefficient (Wildman–Crippen LogP) is 2.72. The molecule has 4 N–H and O–H groups in total. The molecule has 2 aromatic heterocycles. The molecule has 3 aromatic rings. The molecule has 18 heavy (non-hydrogen) atoms. The van der Waals surface area contributed by atoms with Crippen molar-refractivity contribution in [1.29, 1.82) is 0 Å². The Kier molecular flexibility index (Phi) is 2.41. The summed E-state index contributed by atoms with van der Waals surface area (Å²) in [7, 11) is 0. The number of nitrogens with zero attached hydrogens (tertiary/aromatic N) is 1. The number of rotatable bonds is 2. The Bertz CT molecular complexity index is 696. The van der Waals surface area contributed by atoms with Crippen molar-refractivity contribution in [3.05, 3.63) is 42.0 Å². The largest absolute Gasteiger partial charge is 0.352 e. The number of hydrogen-bond donors (Lipinski definition) is 3. The van der Waals surface area contributed by atoms with Crippen molar-refractivity contribution in [2.75, 3.05) is 0 Å². The zero-order chi connectivity index (χ0) is 12.7. The molecule has 0 saturated heterocycles. The standard InChI is InChI=1S/C13H13FN4/c1-7(15)12-6-16-13(18-12)11-4-8-2-3-9(14)5-10(8)17-11/h2-7,17H,15H2,1H3,(H,16,18). The van der Waals surface area contributed by atoms with Crippen molar-refractivity contribution >= 4 is 10.9 Å². The van der Waals surface area contributed by atoms with Crippen molar-refractivity contribution in [3.63, 3.8) is 0 Å². The van der Waals surface area contributed by atoms with E-state index in [1.54, 1.807) is 12.3 Å². The Morgan fingerprint density at radius 3 is 2.83 bits per heavy atom. The quantitative estimate of drug-likeness (QED) is 0.648. The first-order chi connectivity index (χ1) is 8.63. The predicted molar refractivity (Wildman–Crippen MR) is 68.4 cm³/mol. The minimum atomic E-state index is -0.258. The highest BCUT2D eigenvalue weighted by Crippen LogP contribution is 2.23. The van der Waals surface area contributed by atoms with E-state index in [-0.39, 0.29) is 11.9 Å². The number of imidazole rings is 1. The molecular weight excluding hydrogens is 231 g/mol. The summed E-state index contributed by atoms with van der Waals surface area (Å²) in [4.78, 5) is 10.5. The van der Waals surface area contributed by atoms with Gasteiger partial charge in [0.15, 0.2) is 5.82 Å². The number of H-pyrrole nitrogens is 2. The van der Waals surface area contributed by atoms with Gasteiger partial charge < -0.3 is 15.7 Å². The fourth-order valence-corrected chi connectivity index (χ4v) is 1.93. The minimum Gasteiger partial charge on any atom is -0.352 e. The third kappa shape index (κ3) is 1.78. The lowest BCUT2D eigenvalue weighted by molar-refractivity contribution is 0.629. The number of nitrogens with one attached hydrogen (secondary N) is 2. The van der Waals surface area contributed by atoms with E-state index < -0.39 is 0 Å². The second-order valence-corrected chi connectivity index (χ2v) is 4.39. The molecule has 0 aliphatic heterocycles.